The van der Waals surface area contributed by atoms with Crippen LogP contribution in [-0.2, 0) is 37.4 Å². The minimum atomic E-state index is -3.37. The highest BCUT2D eigenvalue weighted by molar-refractivity contribution is 7.89. The van der Waals surface area contributed by atoms with Gasteiger partial charge in [0.1, 0.15) is 5.76 Å². The SMILES string of the molecule is O=C(CCc1cc(Cl)no1)N(CCS(=O)(=O)N1CCCC1)Cc1cccnc1.O=C(O)C(=O)O. The van der Waals surface area contributed by atoms with E-state index in [1.165, 1.54) is 4.31 Å². The molecule has 0 radical (unpaired) electrons. The molecule has 1 aliphatic rings. The van der Waals surface area contributed by atoms with E-state index in [2.05, 4.69) is 10.1 Å². The van der Waals surface area contributed by atoms with Gasteiger partial charge in [0, 0.05) is 57.5 Å². The Bertz CT molecular complexity index is 1060. The number of carboxylic acids is 2. The molecule has 186 valence electrons. The fourth-order valence-corrected chi connectivity index (χ4v) is 4.80. The summed E-state index contributed by atoms with van der Waals surface area (Å²) in [6.07, 6.45) is 5.62. The maximum atomic E-state index is 12.8. The lowest BCUT2D eigenvalue weighted by Gasteiger charge is -2.24. The maximum absolute atomic E-state index is 12.8. The van der Waals surface area contributed by atoms with Crippen molar-refractivity contribution in [1.29, 1.82) is 0 Å². The molecule has 1 aliphatic heterocycles. The molecule has 2 N–H and O–H groups in total. The number of halogens is 1. The van der Waals surface area contributed by atoms with Crippen LogP contribution in [0.5, 0.6) is 0 Å². The number of carbonyl (C=O) groups is 3. The monoisotopic (exact) mass is 516 g/mol. The molecule has 0 saturated carbocycles. The van der Waals surface area contributed by atoms with Crippen LogP contribution in [0.15, 0.2) is 35.1 Å². The van der Waals surface area contributed by atoms with Crippen molar-refractivity contribution in [2.75, 3.05) is 25.4 Å². The first-order chi connectivity index (χ1) is 16.1. The summed E-state index contributed by atoms with van der Waals surface area (Å²) in [7, 11) is -3.37. The van der Waals surface area contributed by atoms with E-state index in [-0.39, 0.29) is 29.8 Å². The molecule has 12 nitrogen and oxygen atoms in total. The summed E-state index contributed by atoms with van der Waals surface area (Å²) in [5.74, 6) is -3.38. The van der Waals surface area contributed by atoms with Crippen LogP contribution in [-0.4, -0.2) is 81.2 Å². The van der Waals surface area contributed by atoms with Gasteiger partial charge < -0.3 is 19.6 Å². The Kier molecular flexibility index (Phi) is 10.4. The second kappa shape index (κ2) is 13.0. The summed E-state index contributed by atoms with van der Waals surface area (Å²) in [5, 5.41) is 18.6. The lowest BCUT2D eigenvalue weighted by molar-refractivity contribution is -0.159. The van der Waals surface area contributed by atoms with Gasteiger partial charge >= 0.3 is 11.9 Å². The molecule has 1 fully saturated rings. The third-order valence-electron chi connectivity index (χ3n) is 4.82. The Morgan fingerprint density at radius 3 is 2.38 bits per heavy atom. The van der Waals surface area contributed by atoms with Gasteiger partial charge in [0.15, 0.2) is 5.15 Å². The Morgan fingerprint density at radius 1 is 1.18 bits per heavy atom. The van der Waals surface area contributed by atoms with Gasteiger partial charge in [-0.05, 0) is 24.5 Å². The third-order valence-corrected chi connectivity index (χ3v) is 6.85. The summed E-state index contributed by atoms with van der Waals surface area (Å²) in [4.78, 5) is 36.6. The van der Waals surface area contributed by atoms with Crippen molar-refractivity contribution in [3.8, 4) is 0 Å². The zero-order chi connectivity index (χ0) is 25.1. The summed E-state index contributed by atoms with van der Waals surface area (Å²) in [6.45, 7) is 1.55. The predicted octanol–water partition coefficient (Wildman–Crippen LogP) is 1.27. The van der Waals surface area contributed by atoms with Crippen LogP contribution in [0.25, 0.3) is 0 Å². The molecule has 3 heterocycles. The van der Waals surface area contributed by atoms with E-state index in [9.17, 15) is 13.2 Å². The molecule has 14 heteroatoms. The van der Waals surface area contributed by atoms with Gasteiger partial charge in [-0.1, -0.05) is 22.8 Å². The second-order valence-corrected chi connectivity index (χ2v) is 9.80. The highest BCUT2D eigenvalue weighted by Gasteiger charge is 2.26. The highest BCUT2D eigenvalue weighted by Crippen LogP contribution is 2.15. The Morgan fingerprint density at radius 2 is 1.85 bits per heavy atom. The minimum Gasteiger partial charge on any atom is -0.473 e. The van der Waals surface area contributed by atoms with Crippen molar-refractivity contribution in [2.45, 2.75) is 32.2 Å². The number of sulfonamides is 1. The predicted molar refractivity (Wildman–Crippen MR) is 119 cm³/mol. The number of carbonyl (C=O) groups excluding carboxylic acids is 1. The molecule has 0 unspecified atom stereocenters. The molecular formula is C20H25ClN4O8S. The van der Waals surface area contributed by atoms with Crippen LogP contribution in [0, 0.1) is 0 Å². The topological polar surface area (TPSA) is 171 Å². The molecule has 0 spiro atoms. The van der Waals surface area contributed by atoms with Crippen molar-refractivity contribution in [3.05, 3.63) is 47.1 Å². The molecule has 1 amide bonds. The first kappa shape index (κ1) is 27.2. The summed E-state index contributed by atoms with van der Waals surface area (Å²) in [5.41, 5.74) is 0.845. The molecule has 2 aromatic heterocycles. The quantitative estimate of drug-likeness (QED) is 0.462. The van der Waals surface area contributed by atoms with Gasteiger partial charge in [-0.15, -0.1) is 0 Å². The molecule has 34 heavy (non-hydrogen) atoms. The lowest BCUT2D eigenvalue weighted by Crippen LogP contribution is -2.39. The number of rotatable bonds is 9. The fraction of sp³-hybridized carbons (Fsp3) is 0.450. The molecule has 0 aliphatic carbocycles. The van der Waals surface area contributed by atoms with Gasteiger partial charge in [-0.2, -0.15) is 0 Å². The summed E-state index contributed by atoms with van der Waals surface area (Å²) >= 11 is 5.73. The van der Waals surface area contributed by atoms with Crippen LogP contribution in [0.2, 0.25) is 5.15 Å². The normalized spacial score (nSPS) is 13.7. The van der Waals surface area contributed by atoms with Gasteiger partial charge in [-0.3, -0.25) is 9.78 Å². The van der Waals surface area contributed by atoms with E-state index in [0.29, 0.717) is 31.8 Å². The first-order valence-corrected chi connectivity index (χ1v) is 12.3. The van der Waals surface area contributed by atoms with E-state index in [4.69, 9.17) is 35.9 Å². The number of aryl methyl sites for hydroxylation is 1. The van der Waals surface area contributed by atoms with Crippen LogP contribution < -0.4 is 0 Å². The van der Waals surface area contributed by atoms with Crippen molar-refractivity contribution in [3.63, 3.8) is 0 Å². The van der Waals surface area contributed by atoms with E-state index in [1.54, 1.807) is 29.4 Å². The average molecular weight is 517 g/mol. The molecular weight excluding hydrogens is 492 g/mol. The molecule has 1 saturated heterocycles. The van der Waals surface area contributed by atoms with Crippen molar-refractivity contribution >= 4 is 39.5 Å². The number of pyridine rings is 1. The molecule has 0 atom stereocenters. The second-order valence-electron chi connectivity index (χ2n) is 7.32. The van der Waals surface area contributed by atoms with E-state index in [0.717, 1.165) is 18.4 Å². The van der Waals surface area contributed by atoms with Crippen LogP contribution in [0.4, 0.5) is 0 Å². The average Bonchev–Trinajstić information content (AvgIpc) is 3.48. The molecule has 0 bridgehead atoms. The van der Waals surface area contributed by atoms with E-state index >= 15 is 0 Å². The van der Waals surface area contributed by atoms with Crippen LogP contribution in [0.3, 0.4) is 0 Å². The summed E-state index contributed by atoms with van der Waals surface area (Å²) in [6, 6.07) is 5.21. The van der Waals surface area contributed by atoms with E-state index in [1.807, 2.05) is 6.07 Å². The van der Waals surface area contributed by atoms with Crippen molar-refractivity contribution < 1.29 is 37.5 Å². The molecule has 2 aromatic rings. The maximum Gasteiger partial charge on any atom is 0.414 e. The Labute approximate surface area is 201 Å². The number of amides is 1. The number of aliphatic carboxylic acids is 2. The van der Waals surface area contributed by atoms with Gasteiger partial charge in [0.05, 0.1) is 5.75 Å². The number of hydrogen-bond acceptors (Lipinski definition) is 8. The zero-order valence-electron chi connectivity index (χ0n) is 18.2. The van der Waals surface area contributed by atoms with Gasteiger partial charge in [-0.25, -0.2) is 22.3 Å². The lowest BCUT2D eigenvalue weighted by atomic mass is 10.2. The summed E-state index contributed by atoms with van der Waals surface area (Å²) < 4.78 is 31.6. The minimum absolute atomic E-state index is 0.0901. The zero-order valence-corrected chi connectivity index (χ0v) is 19.7. The third kappa shape index (κ3) is 9.08. The van der Waals surface area contributed by atoms with E-state index < -0.39 is 22.0 Å². The standard InChI is InChI=1S/C18H23ClN4O4S.C2H2O4/c19-17-12-16(27-21-17)5-6-18(24)22(14-15-4-3-7-20-13-15)10-11-28(25,26)23-8-1-2-9-23;3-1(4)2(5)6/h3-4,7,12-13H,1-2,5-6,8-11,14H2;(H,3,4)(H,5,6). The van der Waals surface area contributed by atoms with Gasteiger partial charge in [0.25, 0.3) is 0 Å². The fourth-order valence-electron chi connectivity index (χ4n) is 3.12. The Balaban J connectivity index is 0.000000604. The first-order valence-electron chi connectivity index (χ1n) is 10.3. The number of aromatic nitrogens is 2. The van der Waals surface area contributed by atoms with Gasteiger partial charge in [0.2, 0.25) is 15.9 Å². The number of hydrogen-bond donors (Lipinski definition) is 2. The largest absolute Gasteiger partial charge is 0.473 e. The van der Waals surface area contributed by atoms with Crippen LogP contribution >= 0.6 is 11.6 Å². The van der Waals surface area contributed by atoms with Crippen LogP contribution in [0.1, 0.15) is 30.6 Å². The number of nitrogens with zero attached hydrogens (tertiary/aromatic N) is 4. The molecule has 3 rings (SSSR count). The Hall–Kier alpha value is -3.03. The van der Waals surface area contributed by atoms with Crippen molar-refractivity contribution in [1.82, 2.24) is 19.3 Å². The molecule has 0 aromatic carbocycles. The smallest absolute Gasteiger partial charge is 0.414 e. The number of carboxylic acid groups (broad SMARTS) is 2. The van der Waals surface area contributed by atoms with Crippen molar-refractivity contribution in [2.24, 2.45) is 0 Å². The highest BCUT2D eigenvalue weighted by atomic mass is 35.5.